The van der Waals surface area contributed by atoms with Gasteiger partial charge in [-0.2, -0.15) is 12.7 Å². The number of nitrogens with two attached hydrogens (primary N) is 1. The topological polar surface area (TPSA) is 92.5 Å². The quantitative estimate of drug-likeness (QED) is 0.829. The van der Waals surface area contributed by atoms with Crippen molar-refractivity contribution in [2.75, 3.05) is 18.8 Å². The highest BCUT2D eigenvalue weighted by Gasteiger charge is 2.22. The lowest BCUT2D eigenvalue weighted by atomic mass is 10.1. The first kappa shape index (κ1) is 14.3. The average Bonchev–Trinajstić information content (AvgIpc) is 2.21. The van der Waals surface area contributed by atoms with Gasteiger partial charge in [-0.05, 0) is 12.1 Å². The molecule has 0 saturated heterocycles. The second-order valence-electron chi connectivity index (χ2n) is 3.54. The van der Waals surface area contributed by atoms with Crippen molar-refractivity contribution in [1.29, 1.82) is 0 Å². The zero-order valence-corrected chi connectivity index (χ0v) is 10.4. The first-order valence-electron chi connectivity index (χ1n) is 4.65. The fourth-order valence-electron chi connectivity index (χ4n) is 1.09. The molecule has 0 bridgehead atoms. The standard InChI is InChI=1S/C9H11F2N3O3S/c1-14(2)18(16,17)13-6-4-3-5(10)7(8(6)11)9(12)15/h3-4,13H,1-2H3,(H2,12,15). The highest BCUT2D eigenvalue weighted by molar-refractivity contribution is 7.90. The first-order valence-corrected chi connectivity index (χ1v) is 6.09. The normalized spacial score (nSPS) is 11.6. The number of rotatable bonds is 4. The molecule has 0 spiro atoms. The molecular weight excluding hydrogens is 268 g/mol. The van der Waals surface area contributed by atoms with E-state index in [4.69, 9.17) is 5.73 Å². The third kappa shape index (κ3) is 2.74. The highest BCUT2D eigenvalue weighted by atomic mass is 32.2. The number of nitrogens with zero attached hydrogens (tertiary/aromatic N) is 1. The van der Waals surface area contributed by atoms with Gasteiger partial charge in [0.05, 0.1) is 5.69 Å². The van der Waals surface area contributed by atoms with Crippen molar-refractivity contribution in [3.05, 3.63) is 29.3 Å². The Morgan fingerprint density at radius 3 is 2.33 bits per heavy atom. The van der Waals surface area contributed by atoms with Crippen LogP contribution in [0.15, 0.2) is 12.1 Å². The minimum absolute atomic E-state index is 0.557. The van der Waals surface area contributed by atoms with Gasteiger partial charge in [0.2, 0.25) is 0 Å². The lowest BCUT2D eigenvalue weighted by Crippen LogP contribution is -2.29. The van der Waals surface area contributed by atoms with Crippen molar-refractivity contribution >= 4 is 21.8 Å². The molecule has 0 aliphatic rings. The van der Waals surface area contributed by atoms with E-state index in [-0.39, 0.29) is 0 Å². The molecule has 1 rings (SSSR count). The summed E-state index contributed by atoms with van der Waals surface area (Å²) in [6.45, 7) is 0. The summed E-state index contributed by atoms with van der Waals surface area (Å²) in [6.07, 6.45) is 0. The van der Waals surface area contributed by atoms with Gasteiger partial charge >= 0.3 is 10.2 Å². The van der Waals surface area contributed by atoms with E-state index in [2.05, 4.69) is 0 Å². The molecule has 0 aromatic heterocycles. The first-order chi connectivity index (χ1) is 8.16. The molecule has 100 valence electrons. The summed E-state index contributed by atoms with van der Waals surface area (Å²) >= 11 is 0. The molecule has 0 saturated carbocycles. The van der Waals surface area contributed by atoms with Crippen LogP contribution in [0.25, 0.3) is 0 Å². The number of halogens is 2. The molecule has 0 heterocycles. The van der Waals surface area contributed by atoms with Crippen molar-refractivity contribution in [2.24, 2.45) is 5.73 Å². The Morgan fingerprint density at radius 1 is 1.33 bits per heavy atom. The van der Waals surface area contributed by atoms with Gasteiger partial charge < -0.3 is 5.73 Å². The fourth-order valence-corrected chi connectivity index (χ4v) is 1.71. The van der Waals surface area contributed by atoms with Crippen LogP contribution in [0.4, 0.5) is 14.5 Å². The van der Waals surface area contributed by atoms with E-state index in [1.165, 1.54) is 14.1 Å². The molecule has 0 unspecified atom stereocenters. The van der Waals surface area contributed by atoms with Crippen LogP contribution in [0, 0.1) is 11.6 Å². The molecular formula is C9H11F2N3O3S. The average molecular weight is 279 g/mol. The summed E-state index contributed by atoms with van der Waals surface area (Å²) in [5.74, 6) is -3.84. The van der Waals surface area contributed by atoms with Crippen molar-refractivity contribution in [3.63, 3.8) is 0 Å². The number of hydrogen-bond donors (Lipinski definition) is 2. The van der Waals surface area contributed by atoms with Gasteiger partial charge in [0.1, 0.15) is 11.4 Å². The maximum Gasteiger partial charge on any atom is 0.301 e. The number of hydrogen-bond acceptors (Lipinski definition) is 3. The molecule has 1 amide bonds. The Hall–Kier alpha value is -1.74. The molecule has 0 radical (unpaired) electrons. The summed E-state index contributed by atoms with van der Waals surface area (Å²) in [6, 6.07) is 1.61. The molecule has 18 heavy (non-hydrogen) atoms. The van der Waals surface area contributed by atoms with E-state index in [1.807, 2.05) is 4.72 Å². The van der Waals surface area contributed by atoms with E-state index < -0.39 is 39.0 Å². The minimum Gasteiger partial charge on any atom is -0.365 e. The smallest absolute Gasteiger partial charge is 0.301 e. The minimum atomic E-state index is -3.96. The predicted octanol–water partition coefficient (Wildman–Crippen LogP) is 0.282. The summed E-state index contributed by atoms with van der Waals surface area (Å²) in [5, 5.41) is 0. The van der Waals surface area contributed by atoms with E-state index >= 15 is 0 Å². The number of carbonyl (C=O) groups excluding carboxylic acids is 1. The molecule has 6 nitrogen and oxygen atoms in total. The van der Waals surface area contributed by atoms with Gasteiger partial charge in [0, 0.05) is 14.1 Å². The molecule has 1 aromatic carbocycles. The maximum atomic E-state index is 13.7. The predicted molar refractivity (Wildman–Crippen MR) is 61.1 cm³/mol. The summed E-state index contributed by atoms with van der Waals surface area (Å²) in [7, 11) is -1.52. The number of primary amides is 1. The molecule has 0 aliphatic heterocycles. The summed E-state index contributed by atoms with van der Waals surface area (Å²) in [4.78, 5) is 10.8. The molecule has 0 aliphatic carbocycles. The van der Waals surface area contributed by atoms with Gasteiger partial charge in [0.25, 0.3) is 5.91 Å². The molecule has 9 heteroatoms. The van der Waals surface area contributed by atoms with Crippen LogP contribution in [0.1, 0.15) is 10.4 Å². The third-order valence-electron chi connectivity index (χ3n) is 2.06. The van der Waals surface area contributed by atoms with Crippen molar-refractivity contribution < 1.29 is 22.0 Å². The van der Waals surface area contributed by atoms with Gasteiger partial charge in [0.15, 0.2) is 5.82 Å². The van der Waals surface area contributed by atoms with Gasteiger partial charge in [-0.15, -0.1) is 0 Å². The largest absolute Gasteiger partial charge is 0.365 e. The number of nitrogens with one attached hydrogen (secondary N) is 1. The van der Waals surface area contributed by atoms with E-state index in [0.717, 1.165) is 16.4 Å². The van der Waals surface area contributed by atoms with Crippen LogP contribution >= 0.6 is 0 Å². The SMILES string of the molecule is CN(C)S(=O)(=O)Nc1ccc(F)c(C(N)=O)c1F. The Morgan fingerprint density at radius 2 is 1.89 bits per heavy atom. The fraction of sp³-hybridized carbons (Fsp3) is 0.222. The molecule has 0 fully saturated rings. The zero-order valence-electron chi connectivity index (χ0n) is 9.57. The van der Waals surface area contributed by atoms with Crippen LogP contribution in [0.3, 0.4) is 0 Å². The van der Waals surface area contributed by atoms with Crippen molar-refractivity contribution in [2.45, 2.75) is 0 Å². The Bertz CT molecular complexity index is 587. The van der Waals surface area contributed by atoms with Gasteiger partial charge in [-0.1, -0.05) is 0 Å². The molecule has 3 N–H and O–H groups in total. The summed E-state index contributed by atoms with van der Waals surface area (Å²) in [5.41, 5.74) is 3.25. The lowest BCUT2D eigenvalue weighted by molar-refractivity contribution is 0.0992. The Kier molecular flexibility index (Phi) is 3.87. The molecule has 1 aromatic rings. The Labute approximate surface area is 103 Å². The number of carbonyl (C=O) groups is 1. The van der Waals surface area contributed by atoms with Crippen molar-refractivity contribution in [3.8, 4) is 0 Å². The number of benzene rings is 1. The van der Waals surface area contributed by atoms with Gasteiger partial charge in [-0.25, -0.2) is 8.78 Å². The van der Waals surface area contributed by atoms with Crippen LogP contribution in [0.5, 0.6) is 0 Å². The zero-order chi connectivity index (χ0) is 14.1. The van der Waals surface area contributed by atoms with Crippen LogP contribution in [-0.4, -0.2) is 32.7 Å². The van der Waals surface area contributed by atoms with Crippen LogP contribution < -0.4 is 10.5 Å². The monoisotopic (exact) mass is 279 g/mol. The highest BCUT2D eigenvalue weighted by Crippen LogP contribution is 2.22. The summed E-state index contributed by atoms with van der Waals surface area (Å²) < 4.78 is 52.4. The third-order valence-corrected chi connectivity index (χ3v) is 3.50. The van der Waals surface area contributed by atoms with Crippen LogP contribution in [-0.2, 0) is 10.2 Å². The lowest BCUT2D eigenvalue weighted by Gasteiger charge is -2.14. The number of amides is 1. The van der Waals surface area contributed by atoms with Crippen molar-refractivity contribution in [1.82, 2.24) is 4.31 Å². The maximum absolute atomic E-state index is 13.7. The van der Waals surface area contributed by atoms with Gasteiger partial charge in [-0.3, -0.25) is 9.52 Å². The molecule has 0 atom stereocenters. The van der Waals surface area contributed by atoms with E-state index in [9.17, 15) is 22.0 Å². The second kappa shape index (κ2) is 4.86. The number of anilines is 1. The van der Waals surface area contributed by atoms with E-state index in [1.54, 1.807) is 0 Å². The van der Waals surface area contributed by atoms with E-state index in [0.29, 0.717) is 0 Å². The van der Waals surface area contributed by atoms with Crippen LogP contribution in [0.2, 0.25) is 0 Å². The second-order valence-corrected chi connectivity index (χ2v) is 5.42. The Balaban J connectivity index is 3.29.